The summed E-state index contributed by atoms with van der Waals surface area (Å²) in [6, 6.07) is 2.84. The third kappa shape index (κ3) is 0.905. The van der Waals surface area contributed by atoms with Crippen LogP contribution in [0.5, 0.6) is 5.75 Å². The zero-order chi connectivity index (χ0) is 8.72. The third-order valence-corrected chi connectivity index (χ3v) is 1.97. The van der Waals surface area contributed by atoms with Crippen molar-refractivity contribution in [1.82, 2.24) is 0 Å². The number of hydrogen-bond donors (Lipinski definition) is 1. The number of phenols is 1. The van der Waals surface area contributed by atoms with Gasteiger partial charge in [-0.25, -0.2) is 4.99 Å². The number of aliphatic imine (C=N–C) groups is 1. The van der Waals surface area contributed by atoms with E-state index in [1.165, 1.54) is 18.3 Å². The molecule has 0 bridgehead atoms. The van der Waals surface area contributed by atoms with Gasteiger partial charge in [-0.1, -0.05) is 11.6 Å². The van der Waals surface area contributed by atoms with Crippen molar-refractivity contribution in [2.24, 2.45) is 4.99 Å². The molecule has 0 saturated carbocycles. The molecule has 2 rings (SSSR count). The van der Waals surface area contributed by atoms with Crippen LogP contribution in [-0.4, -0.2) is 17.2 Å². The Bertz CT molecular complexity index is 398. The second-order valence-corrected chi connectivity index (χ2v) is 2.86. The van der Waals surface area contributed by atoms with E-state index < -0.39 is 0 Å². The zero-order valence-corrected chi connectivity index (χ0v) is 6.67. The van der Waals surface area contributed by atoms with Crippen LogP contribution in [0.4, 0.5) is 0 Å². The summed E-state index contributed by atoms with van der Waals surface area (Å²) >= 11 is 5.60. The highest BCUT2D eigenvalue weighted by Gasteiger charge is 2.17. The van der Waals surface area contributed by atoms with Crippen LogP contribution in [0, 0.1) is 0 Å². The smallest absolute Gasteiger partial charge is 0.277 e. The van der Waals surface area contributed by atoms with Crippen molar-refractivity contribution in [3.05, 3.63) is 28.3 Å². The van der Waals surface area contributed by atoms with Crippen LogP contribution < -0.4 is 0 Å². The van der Waals surface area contributed by atoms with Crippen LogP contribution >= 0.6 is 11.6 Å². The van der Waals surface area contributed by atoms with Gasteiger partial charge in [0.25, 0.3) is 5.91 Å². The van der Waals surface area contributed by atoms with Gasteiger partial charge in [-0.2, -0.15) is 0 Å². The molecule has 0 saturated heterocycles. The average molecular weight is 182 g/mol. The maximum Gasteiger partial charge on any atom is 0.277 e. The Balaban J connectivity index is 2.69. The number of amides is 1. The van der Waals surface area contributed by atoms with Gasteiger partial charge in [0.15, 0.2) is 0 Å². The minimum absolute atomic E-state index is 0.0310. The Morgan fingerprint density at radius 1 is 1.42 bits per heavy atom. The number of nitrogens with zero attached hydrogens (tertiary/aromatic N) is 1. The van der Waals surface area contributed by atoms with Gasteiger partial charge in [0, 0.05) is 11.8 Å². The molecule has 0 aromatic heterocycles. The number of rotatable bonds is 0. The quantitative estimate of drug-likeness (QED) is 0.661. The first-order valence-corrected chi connectivity index (χ1v) is 3.67. The summed E-state index contributed by atoms with van der Waals surface area (Å²) in [7, 11) is 0. The van der Waals surface area contributed by atoms with E-state index in [0.717, 1.165) is 0 Å². The SMILES string of the molecule is O=C1N=Cc2cc(O)c(Cl)cc21. The first-order chi connectivity index (χ1) is 5.68. The normalized spacial score (nSPS) is 13.6. The van der Waals surface area contributed by atoms with Gasteiger partial charge in [-0.05, 0) is 12.1 Å². The maximum atomic E-state index is 11.0. The van der Waals surface area contributed by atoms with E-state index in [1.807, 2.05) is 0 Å². The molecule has 1 N–H and O–H groups in total. The number of phenolic OH excluding ortho intramolecular Hbond substituents is 1. The highest BCUT2D eigenvalue weighted by atomic mass is 35.5. The molecule has 0 spiro atoms. The van der Waals surface area contributed by atoms with Crippen LogP contribution in [-0.2, 0) is 0 Å². The zero-order valence-electron chi connectivity index (χ0n) is 5.91. The molecule has 3 nitrogen and oxygen atoms in total. The van der Waals surface area contributed by atoms with E-state index >= 15 is 0 Å². The Hall–Kier alpha value is -1.35. The first kappa shape index (κ1) is 7.31. The van der Waals surface area contributed by atoms with Gasteiger partial charge in [0.1, 0.15) is 5.75 Å². The lowest BCUT2D eigenvalue weighted by molar-refractivity contribution is 0.101. The van der Waals surface area contributed by atoms with Crippen molar-refractivity contribution in [3.8, 4) is 5.75 Å². The molecule has 0 radical (unpaired) electrons. The molecule has 1 aliphatic rings. The molecular weight excluding hydrogens is 178 g/mol. The molecule has 1 aromatic rings. The number of carbonyl (C=O) groups is 1. The Labute approximate surface area is 73.3 Å². The van der Waals surface area contributed by atoms with Gasteiger partial charge in [-0.15, -0.1) is 0 Å². The molecule has 0 atom stereocenters. The number of benzene rings is 1. The van der Waals surface area contributed by atoms with E-state index in [1.54, 1.807) is 0 Å². The van der Waals surface area contributed by atoms with Crippen molar-refractivity contribution >= 4 is 23.7 Å². The maximum absolute atomic E-state index is 11.0. The van der Waals surface area contributed by atoms with Gasteiger partial charge in [0.2, 0.25) is 0 Å². The second-order valence-electron chi connectivity index (χ2n) is 2.45. The van der Waals surface area contributed by atoms with E-state index in [4.69, 9.17) is 16.7 Å². The molecule has 0 aliphatic carbocycles. The van der Waals surface area contributed by atoms with Crippen molar-refractivity contribution in [3.63, 3.8) is 0 Å². The van der Waals surface area contributed by atoms with Gasteiger partial charge in [0.05, 0.1) is 10.6 Å². The fourth-order valence-electron chi connectivity index (χ4n) is 1.07. The van der Waals surface area contributed by atoms with Gasteiger partial charge in [-0.3, -0.25) is 4.79 Å². The summed E-state index contributed by atoms with van der Waals surface area (Å²) < 4.78 is 0. The van der Waals surface area contributed by atoms with Crippen LogP contribution in [0.25, 0.3) is 0 Å². The summed E-state index contributed by atoms with van der Waals surface area (Å²) in [6.45, 7) is 0. The summed E-state index contributed by atoms with van der Waals surface area (Å²) in [5.41, 5.74) is 1.06. The second kappa shape index (κ2) is 2.32. The third-order valence-electron chi connectivity index (χ3n) is 1.67. The standard InChI is InChI=1S/C8H4ClNO2/c9-6-2-5-4(1-7(6)11)3-10-8(5)12/h1-3,11H. The fraction of sp³-hybridized carbons (Fsp3) is 0. The monoisotopic (exact) mass is 181 g/mol. The molecule has 1 aromatic carbocycles. The largest absolute Gasteiger partial charge is 0.506 e. The predicted octanol–water partition coefficient (Wildman–Crippen LogP) is 1.62. The summed E-state index contributed by atoms with van der Waals surface area (Å²) in [5, 5.41) is 9.34. The fourth-order valence-corrected chi connectivity index (χ4v) is 1.23. The molecule has 1 heterocycles. The number of aromatic hydroxyl groups is 1. The van der Waals surface area contributed by atoms with E-state index in [-0.39, 0.29) is 16.7 Å². The van der Waals surface area contributed by atoms with Crippen LogP contribution in [0.2, 0.25) is 5.02 Å². The summed E-state index contributed by atoms with van der Waals surface area (Å²) in [5.74, 6) is -0.344. The molecular formula is C8H4ClNO2. The molecule has 0 fully saturated rings. The highest BCUT2D eigenvalue weighted by molar-refractivity contribution is 6.33. The summed E-state index contributed by atoms with van der Waals surface area (Å²) in [4.78, 5) is 14.5. The van der Waals surface area contributed by atoms with E-state index in [2.05, 4.69) is 4.99 Å². The van der Waals surface area contributed by atoms with Crippen molar-refractivity contribution in [1.29, 1.82) is 0 Å². The molecule has 4 heteroatoms. The minimum atomic E-state index is -0.313. The Morgan fingerprint density at radius 2 is 2.17 bits per heavy atom. The Morgan fingerprint density at radius 3 is 2.92 bits per heavy atom. The van der Waals surface area contributed by atoms with Crippen molar-refractivity contribution in [2.45, 2.75) is 0 Å². The number of carbonyl (C=O) groups excluding carboxylic acids is 1. The first-order valence-electron chi connectivity index (χ1n) is 3.29. The molecule has 1 amide bonds. The van der Waals surface area contributed by atoms with Crippen LogP contribution in [0.3, 0.4) is 0 Å². The Kier molecular flexibility index (Phi) is 1.41. The number of fused-ring (bicyclic) bond motifs is 1. The predicted molar refractivity (Wildman–Crippen MR) is 45.0 cm³/mol. The van der Waals surface area contributed by atoms with Crippen molar-refractivity contribution in [2.75, 3.05) is 0 Å². The topological polar surface area (TPSA) is 49.7 Å². The number of hydrogen-bond acceptors (Lipinski definition) is 2. The molecule has 60 valence electrons. The van der Waals surface area contributed by atoms with E-state index in [9.17, 15) is 4.79 Å². The van der Waals surface area contributed by atoms with Crippen LogP contribution in [0.1, 0.15) is 15.9 Å². The van der Waals surface area contributed by atoms with E-state index in [0.29, 0.717) is 11.1 Å². The lowest BCUT2D eigenvalue weighted by Gasteiger charge is -1.98. The average Bonchev–Trinajstić information content (AvgIpc) is 2.35. The lowest BCUT2D eigenvalue weighted by atomic mass is 10.1. The van der Waals surface area contributed by atoms with Gasteiger partial charge < -0.3 is 5.11 Å². The van der Waals surface area contributed by atoms with Crippen LogP contribution in [0.15, 0.2) is 17.1 Å². The highest BCUT2D eigenvalue weighted by Crippen LogP contribution is 2.28. The number of halogens is 1. The summed E-state index contributed by atoms with van der Waals surface area (Å²) in [6.07, 6.45) is 1.41. The lowest BCUT2D eigenvalue weighted by Crippen LogP contribution is -1.91. The van der Waals surface area contributed by atoms with Crippen molar-refractivity contribution < 1.29 is 9.90 Å². The molecule has 0 unspecified atom stereocenters. The minimum Gasteiger partial charge on any atom is -0.506 e. The molecule has 12 heavy (non-hydrogen) atoms. The molecule has 1 aliphatic heterocycles. The van der Waals surface area contributed by atoms with Gasteiger partial charge >= 0.3 is 0 Å².